The van der Waals surface area contributed by atoms with Crippen molar-refractivity contribution in [3.8, 4) is 17.1 Å². The zero-order chi connectivity index (χ0) is 20.0. The van der Waals surface area contributed by atoms with Gasteiger partial charge in [-0.05, 0) is 19.1 Å². The molecule has 1 aliphatic heterocycles. The van der Waals surface area contributed by atoms with Gasteiger partial charge in [0, 0.05) is 48.5 Å². The number of H-pyrrole nitrogens is 1. The summed E-state index contributed by atoms with van der Waals surface area (Å²) < 4.78 is 8.89. The summed E-state index contributed by atoms with van der Waals surface area (Å²) in [6, 6.07) is 9.98. The lowest BCUT2D eigenvalue weighted by Gasteiger charge is -2.34. The highest BCUT2D eigenvalue weighted by Gasteiger charge is 2.25. The third kappa shape index (κ3) is 2.92. The molecule has 8 heteroatoms. The number of benzene rings is 1. The molecule has 0 aliphatic carbocycles. The number of fused-ring (bicyclic) bond motifs is 1. The Balaban J connectivity index is 1.77. The quantitative estimate of drug-likeness (QED) is 0.581. The fourth-order valence-electron chi connectivity index (χ4n) is 3.92. The number of aromatic nitrogens is 5. The molecule has 1 atom stereocenters. The van der Waals surface area contributed by atoms with Crippen LogP contribution < -0.4 is 10.5 Å². The monoisotopic (exact) mass is 390 g/mol. The predicted molar refractivity (Wildman–Crippen MR) is 112 cm³/mol. The van der Waals surface area contributed by atoms with Gasteiger partial charge in [0.1, 0.15) is 5.82 Å². The molecule has 3 aromatic heterocycles. The molecule has 1 saturated heterocycles. The van der Waals surface area contributed by atoms with E-state index in [1.54, 1.807) is 21.6 Å². The van der Waals surface area contributed by atoms with Crippen LogP contribution in [-0.2, 0) is 11.8 Å². The summed E-state index contributed by atoms with van der Waals surface area (Å²) >= 11 is 0. The normalized spacial score (nSPS) is 17.2. The summed E-state index contributed by atoms with van der Waals surface area (Å²) in [5.74, 6) is 1.13. The van der Waals surface area contributed by atoms with Crippen molar-refractivity contribution in [2.45, 2.75) is 13.0 Å². The zero-order valence-corrected chi connectivity index (χ0v) is 16.4. The van der Waals surface area contributed by atoms with Crippen molar-refractivity contribution >= 4 is 16.7 Å². The van der Waals surface area contributed by atoms with E-state index in [2.05, 4.69) is 10.1 Å². The summed E-state index contributed by atoms with van der Waals surface area (Å²) in [6.45, 7) is 3.83. The molecule has 5 rings (SSSR count). The molecule has 1 aromatic carbocycles. The van der Waals surface area contributed by atoms with Crippen molar-refractivity contribution < 1.29 is 4.74 Å². The first-order valence-corrected chi connectivity index (χ1v) is 9.66. The van der Waals surface area contributed by atoms with Crippen LogP contribution in [0.15, 0.2) is 53.7 Å². The highest BCUT2D eigenvalue weighted by Crippen LogP contribution is 2.28. The second kappa shape index (κ2) is 6.89. The third-order valence-electron chi connectivity index (χ3n) is 5.44. The van der Waals surface area contributed by atoms with Gasteiger partial charge in [-0.15, -0.1) is 0 Å². The van der Waals surface area contributed by atoms with E-state index in [4.69, 9.17) is 9.72 Å². The minimum absolute atomic E-state index is 0.0715. The fraction of sp³-hybridized carbons (Fsp3) is 0.286. The molecule has 4 aromatic rings. The van der Waals surface area contributed by atoms with Crippen LogP contribution in [0.5, 0.6) is 0 Å². The zero-order valence-electron chi connectivity index (χ0n) is 16.4. The van der Waals surface area contributed by atoms with Crippen LogP contribution in [0.25, 0.3) is 28.0 Å². The second-order valence-corrected chi connectivity index (χ2v) is 7.30. The van der Waals surface area contributed by atoms with Crippen LogP contribution in [0.4, 0.5) is 5.82 Å². The SMILES string of the molecule is C[C@@H]1COCCN1c1nc(-c2cccc3[nH]ccc23)cn(-c2ccnn2C)c1=O. The molecule has 0 radical (unpaired) electrons. The Morgan fingerprint density at radius 1 is 1.24 bits per heavy atom. The van der Waals surface area contributed by atoms with Crippen LogP contribution in [-0.4, -0.2) is 50.1 Å². The fourth-order valence-corrected chi connectivity index (χ4v) is 3.92. The number of rotatable bonds is 3. The first-order chi connectivity index (χ1) is 14.1. The van der Waals surface area contributed by atoms with Gasteiger partial charge in [0.25, 0.3) is 5.56 Å². The number of aromatic amines is 1. The van der Waals surface area contributed by atoms with Crippen molar-refractivity contribution in [2.24, 2.45) is 7.05 Å². The maximum atomic E-state index is 13.4. The molecule has 0 unspecified atom stereocenters. The summed E-state index contributed by atoms with van der Waals surface area (Å²) in [7, 11) is 1.83. The van der Waals surface area contributed by atoms with Crippen LogP contribution in [0.2, 0.25) is 0 Å². The number of morpholine rings is 1. The third-order valence-corrected chi connectivity index (χ3v) is 5.44. The molecule has 0 spiro atoms. The van der Waals surface area contributed by atoms with Gasteiger partial charge in [0.05, 0.1) is 31.1 Å². The summed E-state index contributed by atoms with van der Waals surface area (Å²) in [5.41, 5.74) is 2.59. The summed E-state index contributed by atoms with van der Waals surface area (Å²) in [6.07, 6.45) is 5.40. The molecule has 1 aliphatic rings. The van der Waals surface area contributed by atoms with Gasteiger partial charge in [0.2, 0.25) is 0 Å². The van der Waals surface area contributed by atoms with Crippen molar-refractivity contribution in [3.05, 3.63) is 59.3 Å². The molecule has 8 nitrogen and oxygen atoms in total. The van der Waals surface area contributed by atoms with E-state index in [1.165, 1.54) is 0 Å². The Hall–Kier alpha value is -3.39. The van der Waals surface area contributed by atoms with Gasteiger partial charge in [-0.1, -0.05) is 12.1 Å². The number of nitrogens with zero attached hydrogens (tertiary/aromatic N) is 5. The van der Waals surface area contributed by atoms with E-state index in [0.29, 0.717) is 31.4 Å². The largest absolute Gasteiger partial charge is 0.377 e. The Bertz CT molecular complexity index is 1240. The highest BCUT2D eigenvalue weighted by molar-refractivity contribution is 5.94. The summed E-state index contributed by atoms with van der Waals surface area (Å²) in [5, 5.41) is 5.30. The lowest BCUT2D eigenvalue weighted by molar-refractivity contribution is 0.0983. The first-order valence-electron chi connectivity index (χ1n) is 9.66. The van der Waals surface area contributed by atoms with Crippen molar-refractivity contribution in [1.82, 2.24) is 24.3 Å². The standard InChI is InChI=1S/C21H22N6O2/c1-14-13-29-11-10-26(14)20-21(28)27(19-7-9-23-25(19)2)12-18(24-20)15-4-3-5-17-16(15)6-8-22-17/h3-9,12,14,22H,10-11,13H2,1-2H3/t14-/m1/s1. The number of aryl methyl sites for hydroxylation is 1. The Labute approximate surface area is 167 Å². The van der Waals surface area contributed by atoms with Crippen molar-refractivity contribution in [1.29, 1.82) is 0 Å². The minimum Gasteiger partial charge on any atom is -0.377 e. The van der Waals surface area contributed by atoms with E-state index in [-0.39, 0.29) is 11.6 Å². The van der Waals surface area contributed by atoms with Crippen LogP contribution >= 0.6 is 0 Å². The molecule has 148 valence electrons. The Kier molecular flexibility index (Phi) is 4.21. The number of hydrogen-bond acceptors (Lipinski definition) is 5. The molecule has 1 fully saturated rings. The van der Waals surface area contributed by atoms with Crippen LogP contribution in [0, 0.1) is 0 Å². The molecule has 0 bridgehead atoms. The topological polar surface area (TPSA) is 81.0 Å². The Morgan fingerprint density at radius 3 is 2.93 bits per heavy atom. The van der Waals surface area contributed by atoms with Crippen LogP contribution in [0.3, 0.4) is 0 Å². The maximum Gasteiger partial charge on any atom is 0.299 e. The number of ether oxygens (including phenoxy) is 1. The Morgan fingerprint density at radius 2 is 2.14 bits per heavy atom. The molecular formula is C21H22N6O2. The lowest BCUT2D eigenvalue weighted by atomic mass is 10.1. The number of nitrogens with one attached hydrogen (secondary N) is 1. The smallest absolute Gasteiger partial charge is 0.299 e. The van der Waals surface area contributed by atoms with Crippen molar-refractivity contribution in [2.75, 3.05) is 24.7 Å². The average Bonchev–Trinajstić information content (AvgIpc) is 3.37. The number of hydrogen-bond donors (Lipinski definition) is 1. The predicted octanol–water partition coefficient (Wildman–Crippen LogP) is 2.34. The minimum atomic E-state index is -0.160. The highest BCUT2D eigenvalue weighted by atomic mass is 16.5. The van der Waals surface area contributed by atoms with Gasteiger partial charge in [-0.3, -0.25) is 14.0 Å². The van der Waals surface area contributed by atoms with Gasteiger partial charge in [0.15, 0.2) is 5.82 Å². The molecule has 4 heterocycles. The molecule has 1 N–H and O–H groups in total. The van der Waals surface area contributed by atoms with Crippen molar-refractivity contribution in [3.63, 3.8) is 0 Å². The first kappa shape index (κ1) is 17.7. The average molecular weight is 390 g/mol. The van der Waals surface area contributed by atoms with E-state index in [1.807, 2.05) is 55.4 Å². The molecule has 0 saturated carbocycles. The van der Waals surface area contributed by atoms with Gasteiger partial charge >= 0.3 is 0 Å². The molecule has 29 heavy (non-hydrogen) atoms. The van der Waals surface area contributed by atoms with E-state index in [9.17, 15) is 4.79 Å². The molecule has 0 amide bonds. The maximum absolute atomic E-state index is 13.4. The van der Waals surface area contributed by atoms with Crippen LogP contribution in [0.1, 0.15) is 6.92 Å². The van der Waals surface area contributed by atoms with Gasteiger partial charge in [-0.25, -0.2) is 4.98 Å². The van der Waals surface area contributed by atoms with E-state index < -0.39 is 0 Å². The second-order valence-electron chi connectivity index (χ2n) is 7.30. The summed E-state index contributed by atoms with van der Waals surface area (Å²) in [4.78, 5) is 23.6. The van der Waals surface area contributed by atoms with Gasteiger partial charge in [-0.2, -0.15) is 5.10 Å². The van der Waals surface area contributed by atoms with E-state index >= 15 is 0 Å². The van der Waals surface area contributed by atoms with Gasteiger partial charge < -0.3 is 14.6 Å². The molecular weight excluding hydrogens is 368 g/mol. The lowest BCUT2D eigenvalue weighted by Crippen LogP contribution is -2.47. The van der Waals surface area contributed by atoms with E-state index in [0.717, 1.165) is 22.2 Å². The number of anilines is 1.